The highest BCUT2D eigenvalue weighted by molar-refractivity contribution is 5.96. The van der Waals surface area contributed by atoms with Crippen LogP contribution in [0.5, 0.6) is 0 Å². The van der Waals surface area contributed by atoms with Gasteiger partial charge in [-0.2, -0.15) is 0 Å². The topological polar surface area (TPSA) is 29.1 Å². The Labute approximate surface area is 90.7 Å². The molecule has 0 aliphatic carbocycles. The first-order valence-corrected chi connectivity index (χ1v) is 4.82. The fourth-order valence-electron chi connectivity index (χ4n) is 1.21. The number of carbonyl (C=O) groups is 1. The third kappa shape index (κ3) is 2.85. The molecule has 0 saturated carbocycles. The van der Waals surface area contributed by atoms with Crippen molar-refractivity contribution in [3.63, 3.8) is 0 Å². The number of rotatable bonds is 2. The van der Waals surface area contributed by atoms with Crippen LogP contribution in [-0.4, -0.2) is 11.4 Å². The number of terminal acetylenes is 1. The Kier molecular flexibility index (Phi) is 3.16. The molecule has 0 fully saturated rings. The molecule has 0 unspecified atom stereocenters. The summed E-state index contributed by atoms with van der Waals surface area (Å²) >= 11 is 0. The molecule has 0 aliphatic heterocycles. The van der Waals surface area contributed by atoms with Crippen molar-refractivity contribution in [3.8, 4) is 12.3 Å². The summed E-state index contributed by atoms with van der Waals surface area (Å²) in [7, 11) is 0. The minimum absolute atomic E-state index is 0.129. The second-order valence-electron chi connectivity index (χ2n) is 4.04. The average molecular weight is 201 g/mol. The predicted octanol–water partition coefficient (Wildman–Crippen LogP) is 2.14. The van der Waals surface area contributed by atoms with E-state index in [1.165, 1.54) is 0 Å². The molecule has 0 atom stereocenters. The molecule has 1 amide bonds. The normalized spacial score (nSPS) is 10.5. The van der Waals surface area contributed by atoms with E-state index in [-0.39, 0.29) is 5.91 Å². The number of carbonyl (C=O) groups excluding carboxylic acids is 1. The van der Waals surface area contributed by atoms with Crippen molar-refractivity contribution in [2.75, 3.05) is 0 Å². The lowest BCUT2D eigenvalue weighted by atomic mass is 10.0. The van der Waals surface area contributed by atoms with E-state index in [0.717, 1.165) is 5.56 Å². The molecule has 2 nitrogen and oxygen atoms in total. The molecule has 0 bridgehead atoms. The highest BCUT2D eigenvalue weighted by Gasteiger charge is 2.18. The van der Waals surface area contributed by atoms with Crippen LogP contribution >= 0.6 is 0 Å². The maximum atomic E-state index is 11.8. The molecule has 1 rings (SSSR count). The van der Waals surface area contributed by atoms with Gasteiger partial charge in [0.1, 0.15) is 0 Å². The van der Waals surface area contributed by atoms with Crippen LogP contribution in [0.3, 0.4) is 0 Å². The van der Waals surface area contributed by atoms with Gasteiger partial charge < -0.3 is 5.32 Å². The predicted molar refractivity (Wildman–Crippen MR) is 61.6 cm³/mol. The summed E-state index contributed by atoms with van der Waals surface area (Å²) in [6.45, 7) is 5.49. The van der Waals surface area contributed by atoms with Gasteiger partial charge in [-0.25, -0.2) is 0 Å². The van der Waals surface area contributed by atoms with Crippen molar-refractivity contribution in [3.05, 3.63) is 35.4 Å². The van der Waals surface area contributed by atoms with E-state index in [9.17, 15) is 4.79 Å². The maximum absolute atomic E-state index is 11.8. The van der Waals surface area contributed by atoms with E-state index in [2.05, 4.69) is 11.2 Å². The van der Waals surface area contributed by atoms with Crippen LogP contribution in [0, 0.1) is 19.3 Å². The SMILES string of the molecule is C#CC(C)(C)NC(=O)c1ccccc1C. The minimum Gasteiger partial charge on any atom is -0.336 e. The Morgan fingerprint density at radius 3 is 2.53 bits per heavy atom. The molecule has 1 aromatic rings. The molecule has 78 valence electrons. The standard InChI is InChI=1S/C13H15NO/c1-5-13(3,4)14-12(15)11-9-7-6-8-10(11)2/h1,6-9H,2-4H3,(H,14,15). The maximum Gasteiger partial charge on any atom is 0.252 e. The second-order valence-corrected chi connectivity index (χ2v) is 4.04. The third-order valence-electron chi connectivity index (χ3n) is 2.18. The third-order valence-corrected chi connectivity index (χ3v) is 2.18. The monoisotopic (exact) mass is 201 g/mol. The Bertz CT molecular complexity index is 413. The van der Waals surface area contributed by atoms with Crippen LogP contribution in [0.15, 0.2) is 24.3 Å². The Morgan fingerprint density at radius 1 is 1.40 bits per heavy atom. The molecule has 2 heteroatoms. The molecule has 0 aliphatic rings. The second kappa shape index (κ2) is 4.18. The van der Waals surface area contributed by atoms with Gasteiger partial charge in [0.2, 0.25) is 0 Å². The molecule has 0 spiro atoms. The van der Waals surface area contributed by atoms with Crippen LogP contribution in [0.1, 0.15) is 29.8 Å². The first-order valence-electron chi connectivity index (χ1n) is 4.82. The van der Waals surface area contributed by atoms with E-state index in [1.807, 2.05) is 25.1 Å². The summed E-state index contributed by atoms with van der Waals surface area (Å²) in [6.07, 6.45) is 5.31. The quantitative estimate of drug-likeness (QED) is 0.730. The zero-order valence-corrected chi connectivity index (χ0v) is 9.29. The molecular formula is C13H15NO. The first-order chi connectivity index (χ1) is 6.96. The summed E-state index contributed by atoms with van der Waals surface area (Å²) < 4.78 is 0. The van der Waals surface area contributed by atoms with E-state index in [4.69, 9.17) is 6.42 Å². The summed E-state index contributed by atoms with van der Waals surface area (Å²) in [6, 6.07) is 7.43. The summed E-state index contributed by atoms with van der Waals surface area (Å²) in [4.78, 5) is 11.8. The van der Waals surface area contributed by atoms with Crippen molar-refractivity contribution in [1.29, 1.82) is 0 Å². The lowest BCUT2D eigenvalue weighted by molar-refractivity contribution is 0.0929. The van der Waals surface area contributed by atoms with Crippen molar-refractivity contribution < 1.29 is 4.79 Å². The van der Waals surface area contributed by atoms with Gasteiger partial charge in [-0.1, -0.05) is 24.1 Å². The van der Waals surface area contributed by atoms with Crippen molar-refractivity contribution in [1.82, 2.24) is 5.32 Å². The van der Waals surface area contributed by atoms with Crippen molar-refractivity contribution in [2.24, 2.45) is 0 Å². The Morgan fingerprint density at radius 2 is 2.00 bits per heavy atom. The molecule has 1 aromatic carbocycles. The highest BCUT2D eigenvalue weighted by atomic mass is 16.1. The van der Waals surface area contributed by atoms with Crippen LogP contribution < -0.4 is 5.32 Å². The zero-order valence-electron chi connectivity index (χ0n) is 9.29. The van der Waals surface area contributed by atoms with Gasteiger partial charge in [-0.3, -0.25) is 4.79 Å². The van der Waals surface area contributed by atoms with Gasteiger partial charge in [0.15, 0.2) is 0 Å². The van der Waals surface area contributed by atoms with Gasteiger partial charge in [0.05, 0.1) is 5.54 Å². The number of hydrogen-bond donors (Lipinski definition) is 1. The molecule has 1 N–H and O–H groups in total. The van der Waals surface area contributed by atoms with Gasteiger partial charge in [-0.15, -0.1) is 6.42 Å². The number of benzene rings is 1. The Hall–Kier alpha value is -1.75. The first kappa shape index (κ1) is 11.3. The van der Waals surface area contributed by atoms with Gasteiger partial charge in [0, 0.05) is 5.56 Å². The van der Waals surface area contributed by atoms with Gasteiger partial charge >= 0.3 is 0 Å². The van der Waals surface area contributed by atoms with E-state index >= 15 is 0 Å². The van der Waals surface area contributed by atoms with Gasteiger partial charge in [-0.05, 0) is 32.4 Å². The van der Waals surface area contributed by atoms with Crippen LogP contribution in [0.4, 0.5) is 0 Å². The number of nitrogens with one attached hydrogen (secondary N) is 1. The number of hydrogen-bond acceptors (Lipinski definition) is 1. The largest absolute Gasteiger partial charge is 0.336 e. The fraction of sp³-hybridized carbons (Fsp3) is 0.308. The lowest BCUT2D eigenvalue weighted by Gasteiger charge is -2.20. The van der Waals surface area contributed by atoms with Crippen molar-refractivity contribution >= 4 is 5.91 Å². The van der Waals surface area contributed by atoms with E-state index in [0.29, 0.717) is 5.56 Å². The molecule has 0 radical (unpaired) electrons. The van der Waals surface area contributed by atoms with E-state index in [1.54, 1.807) is 19.9 Å². The highest BCUT2D eigenvalue weighted by Crippen LogP contribution is 2.09. The van der Waals surface area contributed by atoms with Crippen LogP contribution in [-0.2, 0) is 0 Å². The Balaban J connectivity index is 2.89. The minimum atomic E-state index is -0.612. The number of aryl methyl sites for hydroxylation is 1. The van der Waals surface area contributed by atoms with Crippen LogP contribution in [0.25, 0.3) is 0 Å². The smallest absolute Gasteiger partial charge is 0.252 e. The van der Waals surface area contributed by atoms with Gasteiger partial charge in [0.25, 0.3) is 5.91 Å². The molecule has 0 saturated heterocycles. The van der Waals surface area contributed by atoms with Crippen molar-refractivity contribution in [2.45, 2.75) is 26.3 Å². The fourth-order valence-corrected chi connectivity index (χ4v) is 1.21. The molecule has 15 heavy (non-hydrogen) atoms. The number of amides is 1. The zero-order chi connectivity index (χ0) is 11.5. The molecular weight excluding hydrogens is 186 g/mol. The molecule has 0 heterocycles. The molecule has 0 aromatic heterocycles. The summed E-state index contributed by atoms with van der Waals surface area (Å²) in [5.74, 6) is 2.40. The van der Waals surface area contributed by atoms with Crippen LogP contribution in [0.2, 0.25) is 0 Å². The summed E-state index contributed by atoms with van der Waals surface area (Å²) in [5, 5.41) is 2.79. The average Bonchev–Trinajstić information content (AvgIpc) is 2.17. The van der Waals surface area contributed by atoms with E-state index < -0.39 is 5.54 Å². The summed E-state index contributed by atoms with van der Waals surface area (Å²) in [5.41, 5.74) is 1.00. The lowest BCUT2D eigenvalue weighted by Crippen LogP contribution is -2.42.